The fourth-order valence-corrected chi connectivity index (χ4v) is 5.97. The van der Waals surface area contributed by atoms with Crippen molar-refractivity contribution in [3.63, 3.8) is 0 Å². The summed E-state index contributed by atoms with van der Waals surface area (Å²) in [6.07, 6.45) is 2.08. The molecular weight excluding hydrogens is 418 g/mol. The second kappa shape index (κ2) is 8.02. The number of amidine groups is 1. The van der Waals surface area contributed by atoms with Gasteiger partial charge in [-0.15, -0.1) is 0 Å². The molecule has 7 heteroatoms. The molecule has 1 N–H and O–H groups in total. The van der Waals surface area contributed by atoms with Gasteiger partial charge in [-0.1, -0.05) is 43.0 Å². The number of fused-ring (bicyclic) bond motifs is 1. The molecule has 0 spiro atoms. The Balaban J connectivity index is 1.48. The number of nitrogens with one attached hydrogen (secondary N) is 1. The highest BCUT2D eigenvalue weighted by atomic mass is 32.2. The van der Waals surface area contributed by atoms with Crippen molar-refractivity contribution in [3.8, 4) is 0 Å². The Morgan fingerprint density at radius 1 is 1.19 bits per heavy atom. The maximum atomic E-state index is 14.9. The SMILES string of the molecule is C[C@@H]1C[C@H]1[C@H]1C[C@H]2CSC(NC(=O)c3ccccc3)=N[C@@]2(c2ccc(F)cc2F)CO1. The molecule has 1 amide bonds. The van der Waals surface area contributed by atoms with Gasteiger partial charge in [0.15, 0.2) is 5.17 Å². The Bertz CT molecular complexity index is 1030. The summed E-state index contributed by atoms with van der Waals surface area (Å²) in [5, 5.41) is 3.31. The van der Waals surface area contributed by atoms with Gasteiger partial charge in [0.1, 0.15) is 17.2 Å². The number of carbonyl (C=O) groups excluding carboxylic acids is 1. The van der Waals surface area contributed by atoms with E-state index in [0.29, 0.717) is 33.9 Å². The van der Waals surface area contributed by atoms with Gasteiger partial charge in [-0.05, 0) is 42.9 Å². The van der Waals surface area contributed by atoms with Gasteiger partial charge in [-0.25, -0.2) is 13.8 Å². The van der Waals surface area contributed by atoms with Crippen molar-refractivity contribution in [2.45, 2.75) is 31.4 Å². The van der Waals surface area contributed by atoms with Crippen molar-refractivity contribution in [2.24, 2.45) is 22.7 Å². The minimum atomic E-state index is -0.975. The van der Waals surface area contributed by atoms with Crippen LogP contribution >= 0.6 is 11.8 Å². The minimum Gasteiger partial charge on any atom is -0.375 e. The van der Waals surface area contributed by atoms with Gasteiger partial charge in [-0.2, -0.15) is 0 Å². The molecule has 31 heavy (non-hydrogen) atoms. The molecule has 2 fully saturated rings. The molecule has 5 rings (SSSR count). The molecule has 1 aliphatic carbocycles. The number of hydrogen-bond donors (Lipinski definition) is 1. The lowest BCUT2D eigenvalue weighted by Gasteiger charge is -2.47. The predicted octanol–water partition coefficient (Wildman–Crippen LogP) is 4.75. The summed E-state index contributed by atoms with van der Waals surface area (Å²) in [4.78, 5) is 17.5. The summed E-state index contributed by atoms with van der Waals surface area (Å²) in [6.45, 7) is 2.44. The molecule has 2 aromatic carbocycles. The van der Waals surface area contributed by atoms with Crippen LogP contribution in [0, 0.1) is 29.4 Å². The van der Waals surface area contributed by atoms with Gasteiger partial charge in [0.2, 0.25) is 0 Å². The van der Waals surface area contributed by atoms with E-state index in [1.54, 1.807) is 24.3 Å². The number of aliphatic imine (C=N–C) groups is 1. The van der Waals surface area contributed by atoms with Crippen molar-refractivity contribution in [1.82, 2.24) is 5.32 Å². The molecule has 2 heterocycles. The normalized spacial score (nSPS) is 32.0. The van der Waals surface area contributed by atoms with Crippen LogP contribution in [0.4, 0.5) is 8.78 Å². The van der Waals surface area contributed by atoms with Crippen molar-refractivity contribution in [2.75, 3.05) is 12.4 Å². The van der Waals surface area contributed by atoms with Crippen LogP contribution in [-0.2, 0) is 10.3 Å². The molecule has 0 unspecified atom stereocenters. The van der Waals surface area contributed by atoms with Crippen molar-refractivity contribution in [1.29, 1.82) is 0 Å². The van der Waals surface area contributed by atoms with E-state index in [2.05, 4.69) is 12.2 Å². The van der Waals surface area contributed by atoms with Crippen molar-refractivity contribution >= 4 is 22.8 Å². The summed E-state index contributed by atoms with van der Waals surface area (Å²) in [5.74, 6) is 0.414. The van der Waals surface area contributed by atoms with Gasteiger partial charge >= 0.3 is 0 Å². The fourth-order valence-electron chi connectivity index (χ4n) is 4.81. The number of benzene rings is 2. The van der Waals surface area contributed by atoms with Gasteiger partial charge < -0.3 is 10.1 Å². The number of amides is 1. The average molecular weight is 443 g/mol. The summed E-state index contributed by atoms with van der Waals surface area (Å²) in [5.41, 5.74) is -0.123. The first kappa shape index (κ1) is 20.6. The van der Waals surface area contributed by atoms with Crippen LogP contribution in [0.1, 0.15) is 35.7 Å². The van der Waals surface area contributed by atoms with E-state index in [9.17, 15) is 13.6 Å². The highest BCUT2D eigenvalue weighted by molar-refractivity contribution is 8.13. The van der Waals surface area contributed by atoms with Gasteiger partial charge in [-0.3, -0.25) is 4.79 Å². The lowest BCUT2D eigenvalue weighted by Crippen LogP contribution is -2.51. The largest absolute Gasteiger partial charge is 0.375 e. The Kier molecular flexibility index (Phi) is 5.34. The van der Waals surface area contributed by atoms with Gasteiger partial charge in [0.05, 0.1) is 12.7 Å². The molecular formula is C24H24F2N2O2S. The van der Waals surface area contributed by atoms with Crippen LogP contribution in [-0.4, -0.2) is 29.5 Å². The topological polar surface area (TPSA) is 50.7 Å². The summed E-state index contributed by atoms with van der Waals surface area (Å²) in [6, 6.07) is 12.5. The van der Waals surface area contributed by atoms with E-state index in [0.717, 1.165) is 18.9 Å². The molecule has 2 aliphatic heterocycles. The van der Waals surface area contributed by atoms with E-state index in [1.165, 1.54) is 23.9 Å². The number of nitrogens with zero attached hydrogens (tertiary/aromatic N) is 1. The molecule has 0 aromatic heterocycles. The molecule has 0 bridgehead atoms. The average Bonchev–Trinajstić information content (AvgIpc) is 3.50. The molecule has 1 saturated carbocycles. The van der Waals surface area contributed by atoms with Crippen molar-refractivity contribution < 1.29 is 18.3 Å². The highest BCUT2D eigenvalue weighted by Crippen LogP contribution is 2.52. The standard InChI is InChI=1S/C24H24F2N2O2S/c1-14-9-18(14)21-10-16-12-31-23(27-22(29)15-5-3-2-4-6-15)28-24(16,13-30-21)19-8-7-17(25)11-20(19)26/h2-8,11,14,16,18,21H,9-10,12-13H2,1H3,(H,27,28,29)/t14-,16+,18-,21-,24+/m1/s1. The fraction of sp³-hybridized carbons (Fsp3) is 0.417. The maximum Gasteiger partial charge on any atom is 0.257 e. The van der Waals surface area contributed by atoms with Gasteiger partial charge in [0, 0.05) is 28.9 Å². The van der Waals surface area contributed by atoms with Crippen LogP contribution in [0.3, 0.4) is 0 Å². The lowest BCUT2D eigenvalue weighted by molar-refractivity contribution is -0.0683. The van der Waals surface area contributed by atoms with E-state index in [1.807, 2.05) is 6.07 Å². The third kappa shape index (κ3) is 3.89. The number of rotatable bonds is 3. The number of hydrogen-bond acceptors (Lipinski definition) is 4. The van der Waals surface area contributed by atoms with Crippen LogP contribution < -0.4 is 5.32 Å². The first-order valence-electron chi connectivity index (χ1n) is 10.6. The summed E-state index contributed by atoms with van der Waals surface area (Å²) in [7, 11) is 0. The van der Waals surface area contributed by atoms with Crippen molar-refractivity contribution in [3.05, 3.63) is 71.3 Å². The Labute approximate surface area is 184 Å². The first-order chi connectivity index (χ1) is 15.0. The zero-order valence-electron chi connectivity index (χ0n) is 17.2. The summed E-state index contributed by atoms with van der Waals surface area (Å²) < 4.78 is 34.8. The Hall–Kier alpha value is -2.25. The zero-order chi connectivity index (χ0) is 21.6. The zero-order valence-corrected chi connectivity index (χ0v) is 18.0. The maximum absolute atomic E-state index is 14.9. The highest BCUT2D eigenvalue weighted by Gasteiger charge is 2.53. The van der Waals surface area contributed by atoms with E-state index >= 15 is 0 Å². The third-order valence-corrected chi connectivity index (χ3v) is 7.77. The van der Waals surface area contributed by atoms with Gasteiger partial charge in [0.25, 0.3) is 5.91 Å². The van der Waals surface area contributed by atoms with Crippen LogP contribution in [0.15, 0.2) is 53.5 Å². The second-order valence-corrected chi connectivity index (χ2v) is 9.76. The van der Waals surface area contributed by atoms with E-state index < -0.39 is 17.2 Å². The molecule has 4 nitrogen and oxygen atoms in total. The summed E-state index contributed by atoms with van der Waals surface area (Å²) >= 11 is 1.48. The minimum absolute atomic E-state index is 0.0430. The predicted molar refractivity (Wildman–Crippen MR) is 117 cm³/mol. The number of carbonyl (C=O) groups is 1. The van der Waals surface area contributed by atoms with Crippen LogP contribution in [0.5, 0.6) is 0 Å². The molecule has 0 radical (unpaired) electrons. The Morgan fingerprint density at radius 3 is 2.68 bits per heavy atom. The van der Waals surface area contributed by atoms with E-state index in [-0.39, 0.29) is 24.5 Å². The monoisotopic (exact) mass is 442 g/mol. The number of thioether (sulfide) groups is 1. The molecule has 3 aliphatic rings. The first-order valence-corrected chi connectivity index (χ1v) is 11.6. The number of ether oxygens (including phenoxy) is 1. The number of halogens is 2. The Morgan fingerprint density at radius 2 is 1.97 bits per heavy atom. The van der Waals surface area contributed by atoms with Crippen LogP contribution in [0.2, 0.25) is 0 Å². The molecule has 2 aromatic rings. The molecule has 162 valence electrons. The lowest BCUT2D eigenvalue weighted by atomic mass is 9.74. The molecule has 5 atom stereocenters. The quantitative estimate of drug-likeness (QED) is 0.746. The smallest absolute Gasteiger partial charge is 0.257 e. The third-order valence-electron chi connectivity index (χ3n) is 6.74. The molecule has 1 saturated heterocycles. The van der Waals surface area contributed by atoms with Crippen LogP contribution in [0.25, 0.3) is 0 Å². The van der Waals surface area contributed by atoms with E-state index in [4.69, 9.17) is 9.73 Å². The second-order valence-electron chi connectivity index (χ2n) is 8.76.